The first-order valence-corrected chi connectivity index (χ1v) is 7.19. The summed E-state index contributed by atoms with van der Waals surface area (Å²) in [6, 6.07) is 16.2. The van der Waals surface area contributed by atoms with E-state index in [2.05, 4.69) is 23.2 Å². The van der Waals surface area contributed by atoms with Crippen molar-refractivity contribution in [3.05, 3.63) is 59.8 Å². The van der Waals surface area contributed by atoms with Crippen molar-refractivity contribution in [2.24, 2.45) is 0 Å². The highest BCUT2D eigenvalue weighted by Crippen LogP contribution is 2.36. The molecule has 1 heterocycles. The van der Waals surface area contributed by atoms with Crippen LogP contribution < -0.4 is 9.47 Å². The molecule has 1 N–H and O–H groups in total. The van der Waals surface area contributed by atoms with Gasteiger partial charge in [0, 0.05) is 16.6 Å². The summed E-state index contributed by atoms with van der Waals surface area (Å²) in [7, 11) is 0. The third-order valence-electron chi connectivity index (χ3n) is 3.38. The van der Waals surface area contributed by atoms with Gasteiger partial charge in [0.05, 0.1) is 6.61 Å². The van der Waals surface area contributed by atoms with Gasteiger partial charge in [0.25, 0.3) is 0 Å². The average Bonchev–Trinajstić information content (AvgIpc) is 2.88. The molecule has 3 aromatic rings. The number of aromatic nitrogens is 1. The van der Waals surface area contributed by atoms with E-state index in [0.29, 0.717) is 13.2 Å². The number of hydrogen-bond donors (Lipinski definition) is 1. The van der Waals surface area contributed by atoms with E-state index in [1.807, 2.05) is 44.2 Å². The summed E-state index contributed by atoms with van der Waals surface area (Å²) in [6.07, 6.45) is 0. The number of benzene rings is 2. The van der Waals surface area contributed by atoms with E-state index in [1.165, 1.54) is 0 Å². The molecule has 3 nitrogen and oxygen atoms in total. The van der Waals surface area contributed by atoms with E-state index < -0.39 is 0 Å². The van der Waals surface area contributed by atoms with Crippen molar-refractivity contribution >= 4 is 10.9 Å². The third kappa shape index (κ3) is 2.87. The van der Waals surface area contributed by atoms with Crippen LogP contribution in [-0.4, -0.2) is 11.6 Å². The molecule has 0 unspecified atom stereocenters. The molecule has 0 bridgehead atoms. The van der Waals surface area contributed by atoms with Crippen LogP contribution in [0.4, 0.5) is 0 Å². The lowest BCUT2D eigenvalue weighted by Crippen LogP contribution is -2.00. The quantitative estimate of drug-likeness (QED) is 0.749. The van der Waals surface area contributed by atoms with Gasteiger partial charge >= 0.3 is 0 Å². The molecule has 0 fully saturated rings. The molecule has 0 spiro atoms. The Hall–Kier alpha value is -2.42. The highest BCUT2D eigenvalue weighted by atomic mass is 16.5. The molecule has 0 amide bonds. The Labute approximate surface area is 124 Å². The first-order valence-electron chi connectivity index (χ1n) is 7.19. The summed E-state index contributed by atoms with van der Waals surface area (Å²) in [5.41, 5.74) is 3.33. The number of nitrogens with one attached hydrogen (secondary N) is 1. The summed E-state index contributed by atoms with van der Waals surface area (Å²) in [5.74, 6) is 1.60. The molecule has 3 heteroatoms. The predicted molar refractivity (Wildman–Crippen MR) is 85.0 cm³/mol. The molecule has 2 aromatic carbocycles. The van der Waals surface area contributed by atoms with Crippen LogP contribution in [0.1, 0.15) is 18.2 Å². The zero-order valence-corrected chi connectivity index (χ0v) is 12.3. The second kappa shape index (κ2) is 5.92. The SMILES string of the molecule is CCOc1ccc2[nH]c(C)cc2c1OCc1ccccc1. The number of rotatable bonds is 5. The maximum atomic E-state index is 6.06. The summed E-state index contributed by atoms with van der Waals surface area (Å²) in [5, 5.41) is 1.06. The van der Waals surface area contributed by atoms with Crippen molar-refractivity contribution in [1.82, 2.24) is 4.98 Å². The number of H-pyrrole nitrogens is 1. The minimum atomic E-state index is 0.532. The molecular formula is C18H19NO2. The molecule has 21 heavy (non-hydrogen) atoms. The lowest BCUT2D eigenvalue weighted by atomic mass is 10.2. The van der Waals surface area contributed by atoms with Crippen LogP contribution in [0.3, 0.4) is 0 Å². The van der Waals surface area contributed by atoms with E-state index in [1.54, 1.807) is 0 Å². The summed E-state index contributed by atoms with van der Waals surface area (Å²) in [4.78, 5) is 3.33. The fourth-order valence-corrected chi connectivity index (χ4v) is 2.44. The summed E-state index contributed by atoms with van der Waals surface area (Å²) >= 11 is 0. The highest BCUT2D eigenvalue weighted by Gasteiger charge is 2.12. The summed E-state index contributed by atoms with van der Waals surface area (Å²) < 4.78 is 11.8. The molecule has 0 saturated carbocycles. The first kappa shape index (κ1) is 13.6. The van der Waals surface area contributed by atoms with E-state index in [0.717, 1.165) is 33.7 Å². The van der Waals surface area contributed by atoms with E-state index in [4.69, 9.17) is 9.47 Å². The van der Waals surface area contributed by atoms with Crippen molar-refractivity contribution in [2.75, 3.05) is 6.61 Å². The number of fused-ring (bicyclic) bond motifs is 1. The number of aryl methyl sites for hydroxylation is 1. The average molecular weight is 281 g/mol. The van der Waals surface area contributed by atoms with Gasteiger partial charge in [-0.2, -0.15) is 0 Å². The van der Waals surface area contributed by atoms with Gasteiger partial charge in [-0.3, -0.25) is 0 Å². The van der Waals surface area contributed by atoms with Gasteiger partial charge in [0.2, 0.25) is 0 Å². The fraction of sp³-hybridized carbons (Fsp3) is 0.222. The zero-order chi connectivity index (χ0) is 14.7. The first-order chi connectivity index (χ1) is 10.3. The van der Waals surface area contributed by atoms with Crippen LogP contribution in [0.5, 0.6) is 11.5 Å². The van der Waals surface area contributed by atoms with Gasteiger partial charge in [-0.25, -0.2) is 0 Å². The van der Waals surface area contributed by atoms with Gasteiger partial charge in [-0.05, 0) is 37.6 Å². The molecule has 0 radical (unpaired) electrons. The van der Waals surface area contributed by atoms with Crippen molar-refractivity contribution < 1.29 is 9.47 Å². The van der Waals surface area contributed by atoms with Gasteiger partial charge in [-0.15, -0.1) is 0 Å². The molecule has 108 valence electrons. The van der Waals surface area contributed by atoms with E-state index in [-0.39, 0.29) is 0 Å². The fourth-order valence-electron chi connectivity index (χ4n) is 2.44. The van der Waals surface area contributed by atoms with Crippen molar-refractivity contribution in [3.63, 3.8) is 0 Å². The largest absolute Gasteiger partial charge is 0.490 e. The van der Waals surface area contributed by atoms with E-state index >= 15 is 0 Å². The Bertz CT molecular complexity index is 732. The maximum Gasteiger partial charge on any atom is 0.171 e. The van der Waals surface area contributed by atoms with Crippen LogP contribution in [-0.2, 0) is 6.61 Å². The van der Waals surface area contributed by atoms with Crippen molar-refractivity contribution in [2.45, 2.75) is 20.5 Å². The molecule has 0 atom stereocenters. The Morgan fingerprint density at radius 1 is 1.00 bits per heavy atom. The van der Waals surface area contributed by atoms with Crippen LogP contribution in [0.25, 0.3) is 10.9 Å². The van der Waals surface area contributed by atoms with Crippen LogP contribution in [0, 0.1) is 6.92 Å². The Morgan fingerprint density at radius 2 is 1.81 bits per heavy atom. The standard InChI is InChI=1S/C18H19NO2/c1-3-20-17-10-9-16-15(11-13(2)19-16)18(17)21-12-14-7-5-4-6-8-14/h4-11,19H,3,12H2,1-2H3. The number of aromatic amines is 1. The predicted octanol–water partition coefficient (Wildman–Crippen LogP) is 4.45. The normalized spacial score (nSPS) is 10.8. The lowest BCUT2D eigenvalue weighted by Gasteiger charge is -2.13. The van der Waals surface area contributed by atoms with Gasteiger partial charge in [0.1, 0.15) is 6.61 Å². The number of hydrogen-bond acceptors (Lipinski definition) is 2. The highest BCUT2D eigenvalue weighted by molar-refractivity contribution is 5.89. The smallest absolute Gasteiger partial charge is 0.171 e. The van der Waals surface area contributed by atoms with Crippen molar-refractivity contribution in [1.29, 1.82) is 0 Å². The molecular weight excluding hydrogens is 262 g/mol. The molecule has 0 aliphatic rings. The molecule has 1 aromatic heterocycles. The van der Waals surface area contributed by atoms with Crippen molar-refractivity contribution in [3.8, 4) is 11.5 Å². The van der Waals surface area contributed by atoms with Crippen LogP contribution in [0.15, 0.2) is 48.5 Å². The third-order valence-corrected chi connectivity index (χ3v) is 3.38. The Kier molecular flexibility index (Phi) is 3.82. The monoisotopic (exact) mass is 281 g/mol. The molecule has 0 aliphatic heterocycles. The Balaban J connectivity index is 1.95. The number of ether oxygens (including phenoxy) is 2. The minimum absolute atomic E-state index is 0.532. The van der Waals surface area contributed by atoms with Gasteiger partial charge < -0.3 is 14.5 Å². The Morgan fingerprint density at radius 3 is 2.57 bits per heavy atom. The van der Waals surface area contributed by atoms with Crippen LogP contribution in [0.2, 0.25) is 0 Å². The molecule has 3 rings (SSSR count). The van der Waals surface area contributed by atoms with E-state index in [9.17, 15) is 0 Å². The van der Waals surface area contributed by atoms with Gasteiger partial charge in [0.15, 0.2) is 11.5 Å². The maximum absolute atomic E-state index is 6.06. The van der Waals surface area contributed by atoms with Crippen LogP contribution >= 0.6 is 0 Å². The second-order valence-electron chi connectivity index (χ2n) is 5.01. The zero-order valence-electron chi connectivity index (χ0n) is 12.3. The molecule has 0 aliphatic carbocycles. The molecule has 0 saturated heterocycles. The summed E-state index contributed by atoms with van der Waals surface area (Å²) in [6.45, 7) is 5.18. The lowest BCUT2D eigenvalue weighted by molar-refractivity contribution is 0.272. The second-order valence-corrected chi connectivity index (χ2v) is 5.01. The minimum Gasteiger partial charge on any atom is -0.490 e. The van der Waals surface area contributed by atoms with Gasteiger partial charge in [-0.1, -0.05) is 30.3 Å². The topological polar surface area (TPSA) is 34.2 Å².